The van der Waals surface area contributed by atoms with Crippen LogP contribution < -0.4 is 10.6 Å². The van der Waals surface area contributed by atoms with Gasteiger partial charge in [-0.25, -0.2) is 0 Å². The second-order valence-electron chi connectivity index (χ2n) is 4.27. The fraction of sp³-hybridized carbons (Fsp3) is 0.462. The Labute approximate surface area is 116 Å². The van der Waals surface area contributed by atoms with Crippen LogP contribution in [0.25, 0.3) is 0 Å². The number of carbonyl (C=O) groups excluding carboxylic acids is 1. The number of aliphatic hydroxyl groups is 1. The summed E-state index contributed by atoms with van der Waals surface area (Å²) in [5.41, 5.74) is 1.63. The van der Waals surface area contributed by atoms with Gasteiger partial charge in [0.05, 0.1) is 6.10 Å². The first-order valence-corrected chi connectivity index (χ1v) is 6.73. The summed E-state index contributed by atoms with van der Waals surface area (Å²) in [4.78, 5) is 11.9. The van der Waals surface area contributed by atoms with Crippen LogP contribution in [0, 0.1) is 6.92 Å². The number of nitrogens with one attached hydrogen (secondary N) is 2. The highest BCUT2D eigenvalue weighted by atomic mass is 79.9. The molecule has 18 heavy (non-hydrogen) atoms. The molecule has 1 amide bonds. The molecule has 0 aliphatic carbocycles. The number of aliphatic hydroxyl groups excluding tert-OH is 1. The van der Waals surface area contributed by atoms with E-state index >= 15 is 0 Å². The lowest BCUT2D eigenvalue weighted by molar-refractivity contribution is 0.0953. The third-order valence-corrected chi connectivity index (χ3v) is 2.95. The first-order valence-electron chi connectivity index (χ1n) is 5.94. The van der Waals surface area contributed by atoms with E-state index < -0.39 is 0 Å². The van der Waals surface area contributed by atoms with Crippen molar-refractivity contribution in [1.82, 2.24) is 10.6 Å². The number of aryl methyl sites for hydroxylation is 1. The van der Waals surface area contributed by atoms with Gasteiger partial charge in [0.1, 0.15) is 0 Å². The van der Waals surface area contributed by atoms with Crippen LogP contribution in [0.1, 0.15) is 22.8 Å². The standard InChI is InChI=1S/C13H19BrN2O2/c1-9-7-11(14)3-4-12(9)13(18)16-6-5-15-8-10(2)17/h3-4,7,10,15,17H,5-6,8H2,1-2H3,(H,16,18). The second kappa shape index (κ2) is 7.51. The van der Waals surface area contributed by atoms with E-state index in [4.69, 9.17) is 5.11 Å². The predicted octanol–water partition coefficient (Wildman–Crippen LogP) is 1.46. The summed E-state index contributed by atoms with van der Waals surface area (Å²) in [5, 5.41) is 14.9. The van der Waals surface area contributed by atoms with Gasteiger partial charge < -0.3 is 15.7 Å². The number of carbonyl (C=O) groups is 1. The number of rotatable bonds is 6. The van der Waals surface area contributed by atoms with Crippen LogP contribution in [0.4, 0.5) is 0 Å². The third kappa shape index (κ3) is 5.16. The summed E-state index contributed by atoms with van der Waals surface area (Å²) in [7, 11) is 0. The Morgan fingerprint density at radius 3 is 2.78 bits per heavy atom. The van der Waals surface area contributed by atoms with Crippen LogP contribution in [-0.2, 0) is 0 Å². The molecule has 0 aliphatic heterocycles. The van der Waals surface area contributed by atoms with Gasteiger partial charge in [-0.15, -0.1) is 0 Å². The largest absolute Gasteiger partial charge is 0.392 e. The first kappa shape index (κ1) is 15.1. The van der Waals surface area contributed by atoms with Crippen LogP contribution in [0.3, 0.4) is 0 Å². The van der Waals surface area contributed by atoms with Gasteiger partial charge in [0.25, 0.3) is 5.91 Å². The summed E-state index contributed by atoms with van der Waals surface area (Å²) in [6.45, 7) is 5.35. The molecule has 0 fully saturated rings. The van der Waals surface area contributed by atoms with E-state index in [9.17, 15) is 4.79 Å². The van der Waals surface area contributed by atoms with Crippen LogP contribution in [-0.4, -0.2) is 36.8 Å². The Bertz CT molecular complexity index is 408. The smallest absolute Gasteiger partial charge is 0.251 e. The molecule has 1 rings (SSSR count). The molecule has 1 aromatic carbocycles. The van der Waals surface area contributed by atoms with Gasteiger partial charge in [-0.1, -0.05) is 15.9 Å². The molecule has 5 heteroatoms. The van der Waals surface area contributed by atoms with Crippen molar-refractivity contribution in [2.24, 2.45) is 0 Å². The van der Waals surface area contributed by atoms with Gasteiger partial charge in [-0.05, 0) is 37.6 Å². The van der Waals surface area contributed by atoms with Crippen molar-refractivity contribution in [3.8, 4) is 0 Å². The molecule has 100 valence electrons. The Hall–Kier alpha value is -0.910. The van der Waals surface area contributed by atoms with Gasteiger partial charge in [0, 0.05) is 29.7 Å². The quantitative estimate of drug-likeness (QED) is 0.697. The van der Waals surface area contributed by atoms with Crippen molar-refractivity contribution >= 4 is 21.8 Å². The van der Waals surface area contributed by atoms with Crippen molar-refractivity contribution in [1.29, 1.82) is 0 Å². The Balaban J connectivity index is 2.36. The highest BCUT2D eigenvalue weighted by Crippen LogP contribution is 2.15. The average molecular weight is 315 g/mol. The maximum Gasteiger partial charge on any atom is 0.251 e. The minimum atomic E-state index is -0.366. The lowest BCUT2D eigenvalue weighted by Gasteiger charge is -2.09. The summed E-state index contributed by atoms with van der Waals surface area (Å²) < 4.78 is 0.968. The zero-order chi connectivity index (χ0) is 13.5. The molecule has 0 spiro atoms. The molecule has 0 aliphatic rings. The molecule has 1 atom stereocenters. The molecule has 0 saturated carbocycles. The minimum absolute atomic E-state index is 0.0705. The zero-order valence-electron chi connectivity index (χ0n) is 10.7. The minimum Gasteiger partial charge on any atom is -0.392 e. The molecular weight excluding hydrogens is 296 g/mol. The van der Waals surface area contributed by atoms with Crippen molar-refractivity contribution in [2.75, 3.05) is 19.6 Å². The fourth-order valence-corrected chi connectivity index (χ4v) is 2.03. The van der Waals surface area contributed by atoms with E-state index in [1.165, 1.54) is 0 Å². The SMILES string of the molecule is Cc1cc(Br)ccc1C(=O)NCCNCC(C)O. The summed E-state index contributed by atoms with van der Waals surface area (Å²) >= 11 is 3.37. The Morgan fingerprint density at radius 2 is 2.17 bits per heavy atom. The van der Waals surface area contributed by atoms with Crippen LogP contribution in [0.2, 0.25) is 0 Å². The highest BCUT2D eigenvalue weighted by molar-refractivity contribution is 9.10. The number of hydrogen-bond donors (Lipinski definition) is 3. The number of benzene rings is 1. The first-order chi connectivity index (χ1) is 8.50. The lowest BCUT2D eigenvalue weighted by Crippen LogP contribution is -2.34. The van der Waals surface area contributed by atoms with E-state index in [2.05, 4.69) is 26.6 Å². The van der Waals surface area contributed by atoms with E-state index in [1.807, 2.05) is 19.1 Å². The van der Waals surface area contributed by atoms with Gasteiger partial charge in [-0.2, -0.15) is 0 Å². The highest BCUT2D eigenvalue weighted by Gasteiger charge is 2.08. The normalized spacial score (nSPS) is 12.2. The maximum absolute atomic E-state index is 11.9. The molecule has 0 saturated heterocycles. The summed E-state index contributed by atoms with van der Waals surface area (Å²) in [6.07, 6.45) is -0.366. The summed E-state index contributed by atoms with van der Waals surface area (Å²) in [5.74, 6) is -0.0705. The lowest BCUT2D eigenvalue weighted by atomic mass is 10.1. The van der Waals surface area contributed by atoms with Crippen molar-refractivity contribution in [3.63, 3.8) is 0 Å². The molecule has 0 aromatic heterocycles. The molecule has 0 bridgehead atoms. The van der Waals surface area contributed by atoms with Crippen molar-refractivity contribution < 1.29 is 9.90 Å². The monoisotopic (exact) mass is 314 g/mol. The number of hydrogen-bond acceptors (Lipinski definition) is 3. The van der Waals surface area contributed by atoms with Crippen molar-refractivity contribution in [2.45, 2.75) is 20.0 Å². The van der Waals surface area contributed by atoms with Gasteiger partial charge in [-0.3, -0.25) is 4.79 Å². The van der Waals surface area contributed by atoms with E-state index in [-0.39, 0.29) is 12.0 Å². The molecule has 3 N–H and O–H groups in total. The van der Waals surface area contributed by atoms with E-state index in [0.29, 0.717) is 25.2 Å². The third-order valence-electron chi connectivity index (χ3n) is 2.46. The van der Waals surface area contributed by atoms with Crippen molar-refractivity contribution in [3.05, 3.63) is 33.8 Å². The number of halogens is 1. The van der Waals surface area contributed by atoms with E-state index in [1.54, 1.807) is 13.0 Å². The van der Waals surface area contributed by atoms with Gasteiger partial charge >= 0.3 is 0 Å². The van der Waals surface area contributed by atoms with Gasteiger partial charge in [0.2, 0.25) is 0 Å². The van der Waals surface area contributed by atoms with Crippen LogP contribution >= 0.6 is 15.9 Å². The molecule has 0 radical (unpaired) electrons. The van der Waals surface area contributed by atoms with Crippen LogP contribution in [0.5, 0.6) is 0 Å². The topological polar surface area (TPSA) is 61.4 Å². The van der Waals surface area contributed by atoms with Crippen LogP contribution in [0.15, 0.2) is 22.7 Å². The Morgan fingerprint density at radius 1 is 1.44 bits per heavy atom. The number of amides is 1. The fourth-order valence-electron chi connectivity index (χ4n) is 1.55. The predicted molar refractivity (Wildman–Crippen MR) is 75.8 cm³/mol. The second-order valence-corrected chi connectivity index (χ2v) is 5.18. The molecule has 0 heterocycles. The average Bonchev–Trinajstić information content (AvgIpc) is 2.27. The Kier molecular flexibility index (Phi) is 6.32. The zero-order valence-corrected chi connectivity index (χ0v) is 12.3. The molecule has 4 nitrogen and oxygen atoms in total. The maximum atomic E-state index is 11.9. The molecular formula is C13H19BrN2O2. The molecule has 1 aromatic rings. The van der Waals surface area contributed by atoms with E-state index in [0.717, 1.165) is 10.0 Å². The molecule has 1 unspecified atom stereocenters. The summed E-state index contributed by atoms with van der Waals surface area (Å²) in [6, 6.07) is 5.58. The van der Waals surface area contributed by atoms with Gasteiger partial charge in [0.15, 0.2) is 0 Å².